The van der Waals surface area contributed by atoms with E-state index in [1.54, 1.807) is 6.92 Å². The standard InChI is InChI=1S/C9H9BrFNO2/c1-2-14-9(13)4-8-7(11)3-6(10)5-12-8/h3,5H,2,4H2,1H3. The summed E-state index contributed by atoms with van der Waals surface area (Å²) >= 11 is 3.07. The van der Waals surface area contributed by atoms with E-state index in [-0.39, 0.29) is 18.7 Å². The van der Waals surface area contributed by atoms with Crippen LogP contribution in [0.3, 0.4) is 0 Å². The molecule has 0 aliphatic rings. The Morgan fingerprint density at radius 1 is 1.71 bits per heavy atom. The summed E-state index contributed by atoms with van der Waals surface area (Å²) in [6.07, 6.45) is 1.31. The second-order valence-corrected chi connectivity index (χ2v) is 3.48. The highest BCUT2D eigenvalue weighted by Gasteiger charge is 2.10. The zero-order valence-corrected chi connectivity index (χ0v) is 9.17. The van der Waals surface area contributed by atoms with Crippen molar-refractivity contribution in [1.29, 1.82) is 0 Å². The van der Waals surface area contributed by atoms with Gasteiger partial charge in [0.25, 0.3) is 0 Å². The van der Waals surface area contributed by atoms with Gasteiger partial charge < -0.3 is 4.74 Å². The van der Waals surface area contributed by atoms with Gasteiger partial charge in [-0.3, -0.25) is 9.78 Å². The molecule has 0 N–H and O–H groups in total. The van der Waals surface area contributed by atoms with Crippen molar-refractivity contribution in [2.45, 2.75) is 13.3 Å². The Kier molecular flexibility index (Phi) is 4.00. The van der Waals surface area contributed by atoms with Gasteiger partial charge in [-0.05, 0) is 28.9 Å². The number of rotatable bonds is 3. The lowest BCUT2D eigenvalue weighted by Crippen LogP contribution is -2.10. The van der Waals surface area contributed by atoms with Crippen molar-refractivity contribution < 1.29 is 13.9 Å². The second kappa shape index (κ2) is 5.05. The smallest absolute Gasteiger partial charge is 0.311 e. The molecule has 0 fully saturated rings. The molecule has 5 heteroatoms. The summed E-state index contributed by atoms with van der Waals surface area (Å²) in [5.74, 6) is -0.978. The van der Waals surface area contributed by atoms with Gasteiger partial charge in [-0.2, -0.15) is 0 Å². The molecule has 1 heterocycles. The lowest BCUT2D eigenvalue weighted by atomic mass is 10.2. The number of esters is 1. The van der Waals surface area contributed by atoms with Gasteiger partial charge in [0.1, 0.15) is 5.82 Å². The quantitative estimate of drug-likeness (QED) is 0.783. The Hall–Kier alpha value is -0.970. The van der Waals surface area contributed by atoms with Gasteiger partial charge in [-0.25, -0.2) is 4.39 Å². The predicted molar refractivity (Wildman–Crippen MR) is 52.2 cm³/mol. The summed E-state index contributed by atoms with van der Waals surface area (Å²) in [6.45, 7) is 1.99. The molecule has 3 nitrogen and oxygen atoms in total. The molecule has 0 saturated heterocycles. The van der Waals surface area contributed by atoms with E-state index in [4.69, 9.17) is 0 Å². The molecule has 0 bridgehead atoms. The minimum Gasteiger partial charge on any atom is -0.466 e. The first-order valence-corrected chi connectivity index (χ1v) is 4.88. The van der Waals surface area contributed by atoms with Crippen LogP contribution in [-0.2, 0) is 16.0 Å². The third-order valence-electron chi connectivity index (χ3n) is 1.50. The van der Waals surface area contributed by atoms with Gasteiger partial charge in [0.15, 0.2) is 0 Å². The van der Waals surface area contributed by atoms with E-state index in [0.29, 0.717) is 4.47 Å². The largest absolute Gasteiger partial charge is 0.466 e. The first kappa shape index (κ1) is 11.1. The molecule has 0 aliphatic heterocycles. The predicted octanol–water partition coefficient (Wildman–Crippen LogP) is 2.09. The molecule has 0 atom stereocenters. The van der Waals surface area contributed by atoms with E-state index in [2.05, 4.69) is 25.7 Å². The molecule has 1 rings (SSSR count). The van der Waals surface area contributed by atoms with Crippen molar-refractivity contribution in [2.75, 3.05) is 6.61 Å². The fourth-order valence-electron chi connectivity index (χ4n) is 0.922. The molecule has 14 heavy (non-hydrogen) atoms. The van der Waals surface area contributed by atoms with Gasteiger partial charge in [-0.15, -0.1) is 0 Å². The summed E-state index contributed by atoms with van der Waals surface area (Å²) in [4.78, 5) is 14.8. The maximum Gasteiger partial charge on any atom is 0.311 e. The van der Waals surface area contributed by atoms with Gasteiger partial charge in [0.2, 0.25) is 0 Å². The van der Waals surface area contributed by atoms with Gasteiger partial charge >= 0.3 is 5.97 Å². The van der Waals surface area contributed by atoms with E-state index < -0.39 is 11.8 Å². The SMILES string of the molecule is CCOC(=O)Cc1ncc(Br)cc1F. The van der Waals surface area contributed by atoms with Crippen molar-refractivity contribution in [3.63, 3.8) is 0 Å². The van der Waals surface area contributed by atoms with Crippen LogP contribution in [0.2, 0.25) is 0 Å². The van der Waals surface area contributed by atoms with Crippen LogP contribution in [0, 0.1) is 5.82 Å². The Bertz CT molecular complexity index is 344. The van der Waals surface area contributed by atoms with Gasteiger partial charge in [0, 0.05) is 10.7 Å². The molecule has 0 spiro atoms. The maximum atomic E-state index is 13.2. The number of aromatic nitrogens is 1. The number of nitrogens with zero attached hydrogens (tertiary/aromatic N) is 1. The zero-order chi connectivity index (χ0) is 10.6. The Morgan fingerprint density at radius 2 is 2.43 bits per heavy atom. The van der Waals surface area contributed by atoms with Crippen LogP contribution in [0.25, 0.3) is 0 Å². The summed E-state index contributed by atoms with van der Waals surface area (Å²) in [6, 6.07) is 1.27. The molecule has 0 amide bonds. The minimum absolute atomic E-state index is 0.103. The van der Waals surface area contributed by atoms with Gasteiger partial charge in [-0.1, -0.05) is 0 Å². The van der Waals surface area contributed by atoms with Crippen LogP contribution in [-0.4, -0.2) is 17.6 Å². The number of ether oxygens (including phenoxy) is 1. The number of pyridine rings is 1. The lowest BCUT2D eigenvalue weighted by Gasteiger charge is -2.02. The number of carbonyl (C=O) groups excluding carboxylic acids is 1. The Morgan fingerprint density at radius 3 is 3.00 bits per heavy atom. The van der Waals surface area contributed by atoms with Crippen molar-refractivity contribution in [3.05, 3.63) is 28.2 Å². The average molecular weight is 262 g/mol. The summed E-state index contributed by atoms with van der Waals surface area (Å²) in [5, 5.41) is 0. The number of halogens is 2. The molecule has 1 aromatic rings. The number of hydrogen-bond acceptors (Lipinski definition) is 3. The monoisotopic (exact) mass is 261 g/mol. The number of carbonyl (C=O) groups is 1. The molecule has 0 radical (unpaired) electrons. The highest BCUT2D eigenvalue weighted by Crippen LogP contribution is 2.12. The molecule has 76 valence electrons. The van der Waals surface area contributed by atoms with E-state index in [1.807, 2.05) is 0 Å². The van der Waals surface area contributed by atoms with Gasteiger partial charge in [0.05, 0.1) is 18.7 Å². The first-order chi connectivity index (χ1) is 6.63. The maximum absolute atomic E-state index is 13.2. The Balaban J connectivity index is 2.72. The fraction of sp³-hybridized carbons (Fsp3) is 0.333. The van der Waals surface area contributed by atoms with Crippen molar-refractivity contribution in [2.24, 2.45) is 0 Å². The van der Waals surface area contributed by atoms with Crippen LogP contribution in [0.4, 0.5) is 4.39 Å². The second-order valence-electron chi connectivity index (χ2n) is 2.56. The van der Waals surface area contributed by atoms with Crippen LogP contribution < -0.4 is 0 Å². The van der Waals surface area contributed by atoms with E-state index >= 15 is 0 Å². The molecule has 0 aliphatic carbocycles. The zero-order valence-electron chi connectivity index (χ0n) is 7.59. The van der Waals surface area contributed by atoms with Crippen molar-refractivity contribution in [3.8, 4) is 0 Å². The average Bonchev–Trinajstić information content (AvgIpc) is 2.10. The fourth-order valence-corrected chi connectivity index (χ4v) is 1.23. The topological polar surface area (TPSA) is 39.2 Å². The normalized spacial score (nSPS) is 9.93. The highest BCUT2D eigenvalue weighted by atomic mass is 79.9. The van der Waals surface area contributed by atoms with Crippen molar-refractivity contribution in [1.82, 2.24) is 4.98 Å². The van der Waals surface area contributed by atoms with E-state index in [0.717, 1.165) is 0 Å². The minimum atomic E-state index is -0.507. The third kappa shape index (κ3) is 3.06. The van der Waals surface area contributed by atoms with Crippen LogP contribution in [0.15, 0.2) is 16.7 Å². The van der Waals surface area contributed by atoms with Crippen LogP contribution >= 0.6 is 15.9 Å². The molecule has 0 saturated carbocycles. The lowest BCUT2D eigenvalue weighted by molar-refractivity contribution is -0.142. The molecule has 0 unspecified atom stereocenters. The van der Waals surface area contributed by atoms with Crippen LogP contribution in [0.1, 0.15) is 12.6 Å². The molecule has 0 aromatic carbocycles. The molecule has 1 aromatic heterocycles. The van der Waals surface area contributed by atoms with Crippen LogP contribution in [0.5, 0.6) is 0 Å². The number of hydrogen-bond donors (Lipinski definition) is 0. The summed E-state index contributed by atoms with van der Waals surface area (Å²) in [5.41, 5.74) is 0.103. The summed E-state index contributed by atoms with van der Waals surface area (Å²) < 4.78 is 18.4. The Labute approximate surface area is 89.4 Å². The van der Waals surface area contributed by atoms with E-state index in [9.17, 15) is 9.18 Å². The van der Waals surface area contributed by atoms with Crippen molar-refractivity contribution >= 4 is 21.9 Å². The molecular weight excluding hydrogens is 253 g/mol. The highest BCUT2D eigenvalue weighted by molar-refractivity contribution is 9.10. The molecular formula is C9H9BrFNO2. The third-order valence-corrected chi connectivity index (χ3v) is 1.93. The summed E-state index contributed by atoms with van der Waals surface area (Å²) in [7, 11) is 0. The van der Waals surface area contributed by atoms with E-state index in [1.165, 1.54) is 12.3 Å². The first-order valence-electron chi connectivity index (χ1n) is 4.09.